The predicted octanol–water partition coefficient (Wildman–Crippen LogP) is 1.79. The molecule has 0 radical (unpaired) electrons. The third-order valence-corrected chi connectivity index (χ3v) is 1.70. The maximum Gasteiger partial charge on any atom is 0.384 e. The molecule has 1 heterocycles. The van der Waals surface area contributed by atoms with E-state index in [4.69, 9.17) is 4.74 Å². The van der Waals surface area contributed by atoms with Gasteiger partial charge in [0, 0.05) is 18.3 Å². The summed E-state index contributed by atoms with van der Waals surface area (Å²) in [4.78, 5) is 11.3. The van der Waals surface area contributed by atoms with Crippen LogP contribution in [0.2, 0.25) is 0 Å². The molecule has 1 unspecified atom stereocenters. The third kappa shape index (κ3) is 4.18. The first-order valence-electron chi connectivity index (χ1n) is 5.12. The number of aromatic nitrogens is 2. The summed E-state index contributed by atoms with van der Waals surface area (Å²) in [6.07, 6.45) is 3.47. The topological polar surface area (TPSA) is 44.1 Å². The van der Waals surface area contributed by atoms with Gasteiger partial charge in [0.15, 0.2) is 0 Å². The Balaban J connectivity index is 2.58. The second-order valence-electron chi connectivity index (χ2n) is 4.43. The summed E-state index contributed by atoms with van der Waals surface area (Å²) < 4.78 is 6.74. The fourth-order valence-corrected chi connectivity index (χ4v) is 1.04. The molecule has 0 saturated heterocycles. The summed E-state index contributed by atoms with van der Waals surface area (Å²) in [5.41, 5.74) is -0.499. The molecule has 0 fully saturated rings. The fraction of sp³-hybridized carbons (Fsp3) is 0.500. The zero-order chi connectivity index (χ0) is 12.2. The van der Waals surface area contributed by atoms with Gasteiger partial charge in [0.2, 0.25) is 0 Å². The minimum absolute atomic E-state index is 0.137. The Hall–Kier alpha value is -1.76. The molecule has 0 amide bonds. The van der Waals surface area contributed by atoms with E-state index in [9.17, 15) is 4.79 Å². The normalized spacial score (nSPS) is 12.5. The van der Waals surface area contributed by atoms with E-state index in [2.05, 4.69) is 16.9 Å². The number of carbonyl (C=O) groups excluding carboxylic acids is 1. The fourth-order valence-electron chi connectivity index (χ4n) is 1.04. The monoisotopic (exact) mass is 220 g/mol. The summed E-state index contributed by atoms with van der Waals surface area (Å²) in [5, 5.41) is 4.03. The van der Waals surface area contributed by atoms with Crippen LogP contribution in [0.3, 0.4) is 0 Å². The molecule has 16 heavy (non-hydrogen) atoms. The number of nitrogens with zero attached hydrogens (tertiary/aromatic N) is 2. The molecule has 4 heteroatoms. The molecule has 0 aromatic carbocycles. The molecule has 1 atom stereocenters. The number of ether oxygens (including phenoxy) is 1. The van der Waals surface area contributed by atoms with Gasteiger partial charge in [-0.05, 0) is 33.8 Å². The Kier molecular flexibility index (Phi) is 3.73. The number of esters is 1. The molecule has 0 aliphatic carbocycles. The van der Waals surface area contributed by atoms with E-state index in [1.807, 2.05) is 33.8 Å². The van der Waals surface area contributed by atoms with Crippen molar-refractivity contribution in [1.82, 2.24) is 9.78 Å². The van der Waals surface area contributed by atoms with E-state index in [1.165, 1.54) is 0 Å². The lowest BCUT2D eigenvalue weighted by Crippen LogP contribution is -2.22. The van der Waals surface area contributed by atoms with Crippen LogP contribution in [0.1, 0.15) is 33.7 Å². The first-order valence-corrected chi connectivity index (χ1v) is 5.12. The highest BCUT2D eigenvalue weighted by Crippen LogP contribution is 2.06. The average Bonchev–Trinajstić information content (AvgIpc) is 2.64. The summed E-state index contributed by atoms with van der Waals surface area (Å²) in [7, 11) is 0. The van der Waals surface area contributed by atoms with Gasteiger partial charge in [-0.1, -0.05) is 5.92 Å². The Morgan fingerprint density at radius 1 is 1.50 bits per heavy atom. The smallest absolute Gasteiger partial charge is 0.384 e. The molecule has 0 N–H and O–H groups in total. The van der Waals surface area contributed by atoms with Crippen LogP contribution >= 0.6 is 0 Å². The van der Waals surface area contributed by atoms with Gasteiger partial charge >= 0.3 is 5.97 Å². The van der Waals surface area contributed by atoms with E-state index in [0.717, 1.165) is 0 Å². The summed E-state index contributed by atoms with van der Waals surface area (Å²) >= 11 is 0. The second kappa shape index (κ2) is 4.84. The van der Waals surface area contributed by atoms with Crippen molar-refractivity contribution < 1.29 is 9.53 Å². The lowest BCUT2D eigenvalue weighted by atomic mass is 10.2. The van der Waals surface area contributed by atoms with Crippen molar-refractivity contribution in [2.45, 2.75) is 39.3 Å². The van der Waals surface area contributed by atoms with E-state index in [-0.39, 0.29) is 6.04 Å². The van der Waals surface area contributed by atoms with Gasteiger partial charge in [-0.2, -0.15) is 5.10 Å². The third-order valence-electron chi connectivity index (χ3n) is 1.70. The van der Waals surface area contributed by atoms with Crippen molar-refractivity contribution in [3.05, 3.63) is 18.5 Å². The highest BCUT2D eigenvalue weighted by Gasteiger charge is 2.14. The van der Waals surface area contributed by atoms with Crippen LogP contribution in [0.5, 0.6) is 0 Å². The van der Waals surface area contributed by atoms with Crippen molar-refractivity contribution in [3.63, 3.8) is 0 Å². The highest BCUT2D eigenvalue weighted by molar-refractivity contribution is 5.88. The number of hydrogen-bond acceptors (Lipinski definition) is 3. The zero-order valence-corrected chi connectivity index (χ0v) is 10.0. The molecule has 1 rings (SSSR count). The zero-order valence-electron chi connectivity index (χ0n) is 10.0. The average molecular weight is 220 g/mol. The molecular formula is C12H16N2O2. The van der Waals surface area contributed by atoms with Crippen LogP contribution in [0, 0.1) is 11.8 Å². The van der Waals surface area contributed by atoms with Gasteiger partial charge in [-0.25, -0.2) is 4.79 Å². The van der Waals surface area contributed by atoms with Crippen LogP contribution in [0.25, 0.3) is 0 Å². The van der Waals surface area contributed by atoms with Crippen molar-refractivity contribution in [2.24, 2.45) is 0 Å². The first kappa shape index (κ1) is 12.3. The van der Waals surface area contributed by atoms with E-state index in [1.54, 1.807) is 17.1 Å². The minimum Gasteiger partial charge on any atom is -0.450 e. The van der Waals surface area contributed by atoms with Gasteiger partial charge in [0.1, 0.15) is 11.6 Å². The molecule has 0 saturated carbocycles. The largest absolute Gasteiger partial charge is 0.450 e. The number of hydrogen-bond donors (Lipinski definition) is 0. The number of carbonyl (C=O) groups is 1. The summed E-state index contributed by atoms with van der Waals surface area (Å²) in [6.45, 7) is 7.29. The van der Waals surface area contributed by atoms with Gasteiger partial charge in [-0.15, -0.1) is 0 Å². The Bertz CT molecular complexity index is 404. The van der Waals surface area contributed by atoms with Gasteiger partial charge in [0.25, 0.3) is 0 Å². The van der Waals surface area contributed by atoms with E-state index in [0.29, 0.717) is 0 Å². The summed E-state index contributed by atoms with van der Waals surface area (Å²) in [6, 6.07) is 1.67. The van der Waals surface area contributed by atoms with Crippen LogP contribution < -0.4 is 0 Å². The molecule has 0 aliphatic heterocycles. The van der Waals surface area contributed by atoms with E-state index >= 15 is 0 Å². The molecule has 0 bridgehead atoms. The standard InChI is InChI=1S/C12H16N2O2/c1-10(14-9-5-8-13-14)6-7-11(15)16-12(2,3)4/h5,8-10H,1-4H3. The predicted molar refractivity (Wildman–Crippen MR) is 60.6 cm³/mol. The van der Waals surface area contributed by atoms with Crippen molar-refractivity contribution in [1.29, 1.82) is 0 Å². The lowest BCUT2D eigenvalue weighted by Gasteiger charge is -2.17. The second-order valence-corrected chi connectivity index (χ2v) is 4.43. The summed E-state index contributed by atoms with van der Waals surface area (Å²) in [5.74, 6) is 4.73. The highest BCUT2D eigenvalue weighted by atomic mass is 16.6. The quantitative estimate of drug-likeness (QED) is 0.412. The minimum atomic E-state index is -0.508. The van der Waals surface area contributed by atoms with Crippen LogP contribution in [-0.2, 0) is 9.53 Å². The molecule has 86 valence electrons. The van der Waals surface area contributed by atoms with Crippen molar-refractivity contribution >= 4 is 5.97 Å². The molecule has 1 aromatic heterocycles. The van der Waals surface area contributed by atoms with Gasteiger partial charge in [-0.3, -0.25) is 4.68 Å². The van der Waals surface area contributed by atoms with Crippen LogP contribution in [0.4, 0.5) is 0 Å². The first-order chi connectivity index (χ1) is 7.38. The molecule has 1 aromatic rings. The molecule has 4 nitrogen and oxygen atoms in total. The maximum atomic E-state index is 11.3. The Morgan fingerprint density at radius 3 is 2.69 bits per heavy atom. The molecule has 0 spiro atoms. The molecule has 0 aliphatic rings. The van der Waals surface area contributed by atoms with Gasteiger partial charge < -0.3 is 4.74 Å². The number of rotatable bonds is 1. The lowest BCUT2D eigenvalue weighted by molar-refractivity contribution is -0.147. The SMILES string of the molecule is CC(C#CC(=O)OC(C)(C)C)n1cccn1. The van der Waals surface area contributed by atoms with Crippen molar-refractivity contribution in [3.8, 4) is 11.8 Å². The van der Waals surface area contributed by atoms with Gasteiger partial charge in [0.05, 0.1) is 0 Å². The van der Waals surface area contributed by atoms with Crippen LogP contribution in [0.15, 0.2) is 18.5 Å². The Labute approximate surface area is 95.6 Å². The Morgan fingerprint density at radius 2 is 2.19 bits per heavy atom. The van der Waals surface area contributed by atoms with Crippen molar-refractivity contribution in [2.75, 3.05) is 0 Å². The molecular weight excluding hydrogens is 204 g/mol. The maximum absolute atomic E-state index is 11.3. The van der Waals surface area contributed by atoms with Crippen LogP contribution in [-0.4, -0.2) is 21.4 Å². The van der Waals surface area contributed by atoms with E-state index < -0.39 is 11.6 Å².